The van der Waals surface area contributed by atoms with E-state index in [2.05, 4.69) is 16.7 Å². The number of carbonyl (C=O) groups is 3. The van der Waals surface area contributed by atoms with Crippen molar-refractivity contribution in [3.05, 3.63) is 41.5 Å². The van der Waals surface area contributed by atoms with E-state index in [0.29, 0.717) is 12.0 Å². The number of piperidine rings is 1. The number of hydrogen-bond acceptors (Lipinski definition) is 4. The second-order valence-corrected chi connectivity index (χ2v) is 7.45. The summed E-state index contributed by atoms with van der Waals surface area (Å²) in [4.78, 5) is 38.2. The molecule has 2 N–H and O–H groups in total. The number of benzene rings is 2. The van der Waals surface area contributed by atoms with Gasteiger partial charge in [-0.3, -0.25) is 14.5 Å². The van der Waals surface area contributed by atoms with Gasteiger partial charge in [0.2, 0.25) is 5.91 Å². The van der Waals surface area contributed by atoms with Gasteiger partial charge in [-0.2, -0.15) is 0 Å². The molecular formula is C22H25N3O3. The van der Waals surface area contributed by atoms with Crippen LogP contribution in [0.25, 0.3) is 10.8 Å². The van der Waals surface area contributed by atoms with Gasteiger partial charge in [0.15, 0.2) is 0 Å². The predicted octanol–water partition coefficient (Wildman–Crippen LogP) is 2.71. The third-order valence-corrected chi connectivity index (χ3v) is 5.87. The Morgan fingerprint density at radius 1 is 1.32 bits per heavy atom. The zero-order chi connectivity index (χ0) is 19.7. The van der Waals surface area contributed by atoms with Gasteiger partial charge >= 0.3 is 0 Å². The number of nitrogens with zero attached hydrogens (tertiary/aromatic N) is 1. The minimum absolute atomic E-state index is 0.172. The molecule has 28 heavy (non-hydrogen) atoms. The van der Waals surface area contributed by atoms with Gasteiger partial charge in [0, 0.05) is 30.5 Å². The molecule has 1 saturated heterocycles. The molecular weight excluding hydrogens is 354 g/mol. The number of carbonyl (C=O) groups excluding carboxylic acids is 3. The smallest absolute Gasteiger partial charge is 0.259 e. The Kier molecular flexibility index (Phi) is 5.13. The van der Waals surface area contributed by atoms with Crippen LogP contribution in [0.1, 0.15) is 54.1 Å². The maximum atomic E-state index is 13.2. The molecule has 2 aromatic carbocycles. The number of anilines is 1. The summed E-state index contributed by atoms with van der Waals surface area (Å²) in [6, 6.07) is 9.42. The van der Waals surface area contributed by atoms with Gasteiger partial charge in [-0.25, -0.2) is 0 Å². The Bertz CT molecular complexity index is 934. The Labute approximate surface area is 164 Å². The van der Waals surface area contributed by atoms with E-state index in [0.717, 1.165) is 35.7 Å². The van der Waals surface area contributed by atoms with Crippen molar-refractivity contribution in [3.63, 3.8) is 0 Å². The molecule has 0 radical (unpaired) electrons. The third kappa shape index (κ3) is 2.98. The van der Waals surface area contributed by atoms with Crippen molar-refractivity contribution >= 4 is 34.6 Å². The molecule has 0 saturated carbocycles. The SMILES string of the molecule is CNC(=O)C(CCC=O)N1C(=O)c2ccc(C3CCCCN3)c3cccc1c23. The Balaban J connectivity index is 1.82. The number of nitrogens with one attached hydrogen (secondary N) is 2. The number of hydrogen-bond donors (Lipinski definition) is 2. The van der Waals surface area contributed by atoms with Crippen LogP contribution >= 0.6 is 0 Å². The van der Waals surface area contributed by atoms with Crippen molar-refractivity contribution < 1.29 is 14.4 Å². The quantitative estimate of drug-likeness (QED) is 0.757. The van der Waals surface area contributed by atoms with E-state index in [4.69, 9.17) is 0 Å². The van der Waals surface area contributed by atoms with Crippen molar-refractivity contribution in [1.29, 1.82) is 0 Å². The molecule has 2 aromatic rings. The Hall–Kier alpha value is -2.73. The van der Waals surface area contributed by atoms with E-state index in [9.17, 15) is 14.4 Å². The summed E-state index contributed by atoms with van der Waals surface area (Å²) < 4.78 is 0. The van der Waals surface area contributed by atoms with Crippen LogP contribution in [-0.2, 0) is 9.59 Å². The number of aldehydes is 1. The summed E-state index contributed by atoms with van der Waals surface area (Å²) in [6.07, 6.45) is 4.78. The topological polar surface area (TPSA) is 78.5 Å². The molecule has 2 heterocycles. The fourth-order valence-electron chi connectivity index (χ4n) is 4.53. The molecule has 2 aliphatic rings. The highest BCUT2D eigenvalue weighted by atomic mass is 16.2. The zero-order valence-corrected chi connectivity index (χ0v) is 16.0. The highest BCUT2D eigenvalue weighted by Crippen LogP contribution is 2.42. The largest absolute Gasteiger partial charge is 0.357 e. The lowest BCUT2D eigenvalue weighted by Crippen LogP contribution is -2.47. The van der Waals surface area contributed by atoms with Crippen LogP contribution in [-0.4, -0.2) is 37.7 Å². The van der Waals surface area contributed by atoms with Gasteiger partial charge in [-0.15, -0.1) is 0 Å². The van der Waals surface area contributed by atoms with Gasteiger partial charge in [0.05, 0.1) is 5.69 Å². The van der Waals surface area contributed by atoms with Crippen LogP contribution in [0, 0.1) is 0 Å². The summed E-state index contributed by atoms with van der Waals surface area (Å²) in [5.41, 5.74) is 2.60. The fourth-order valence-corrected chi connectivity index (χ4v) is 4.53. The number of amides is 2. The lowest BCUT2D eigenvalue weighted by atomic mass is 9.91. The van der Waals surface area contributed by atoms with Crippen molar-refractivity contribution in [2.24, 2.45) is 0 Å². The molecule has 0 aromatic heterocycles. The average molecular weight is 379 g/mol. The molecule has 6 nitrogen and oxygen atoms in total. The maximum Gasteiger partial charge on any atom is 0.259 e. The fraction of sp³-hybridized carbons (Fsp3) is 0.409. The average Bonchev–Trinajstić information content (AvgIpc) is 3.02. The molecule has 2 unspecified atom stereocenters. The molecule has 2 atom stereocenters. The third-order valence-electron chi connectivity index (χ3n) is 5.87. The summed E-state index contributed by atoms with van der Waals surface area (Å²) >= 11 is 0. The molecule has 1 fully saturated rings. The predicted molar refractivity (Wildman–Crippen MR) is 109 cm³/mol. The highest BCUT2D eigenvalue weighted by molar-refractivity contribution is 6.27. The van der Waals surface area contributed by atoms with Crippen molar-refractivity contribution in [3.8, 4) is 0 Å². The molecule has 4 rings (SSSR count). The van der Waals surface area contributed by atoms with E-state index in [-0.39, 0.29) is 24.3 Å². The van der Waals surface area contributed by atoms with Gasteiger partial charge in [0.25, 0.3) is 5.91 Å². The minimum atomic E-state index is -0.697. The Morgan fingerprint density at radius 2 is 2.18 bits per heavy atom. The van der Waals surface area contributed by atoms with Crippen LogP contribution in [0.3, 0.4) is 0 Å². The van der Waals surface area contributed by atoms with Crippen molar-refractivity contribution in [2.75, 3.05) is 18.5 Å². The van der Waals surface area contributed by atoms with Crippen LogP contribution in [0.5, 0.6) is 0 Å². The van der Waals surface area contributed by atoms with Gasteiger partial charge in [-0.1, -0.05) is 24.6 Å². The summed E-state index contributed by atoms with van der Waals surface area (Å²) in [5, 5.41) is 8.20. The van der Waals surface area contributed by atoms with Gasteiger partial charge < -0.3 is 15.4 Å². The molecule has 2 amide bonds. The highest BCUT2D eigenvalue weighted by Gasteiger charge is 2.38. The van der Waals surface area contributed by atoms with E-state index in [1.807, 2.05) is 24.3 Å². The first-order valence-corrected chi connectivity index (χ1v) is 9.95. The molecule has 0 spiro atoms. The van der Waals surface area contributed by atoms with E-state index >= 15 is 0 Å². The second-order valence-electron chi connectivity index (χ2n) is 7.45. The minimum Gasteiger partial charge on any atom is -0.357 e. The lowest BCUT2D eigenvalue weighted by molar-refractivity contribution is -0.122. The molecule has 0 aliphatic carbocycles. The molecule has 146 valence electrons. The molecule has 2 aliphatic heterocycles. The first-order valence-electron chi connectivity index (χ1n) is 9.95. The van der Waals surface area contributed by atoms with Gasteiger partial charge in [-0.05, 0) is 48.9 Å². The summed E-state index contributed by atoms with van der Waals surface area (Å²) in [7, 11) is 1.55. The normalized spacial score (nSPS) is 19.7. The van der Waals surface area contributed by atoms with Crippen LogP contribution < -0.4 is 15.5 Å². The van der Waals surface area contributed by atoms with Gasteiger partial charge in [0.1, 0.15) is 12.3 Å². The monoisotopic (exact) mass is 379 g/mol. The molecule has 0 bridgehead atoms. The number of rotatable bonds is 6. The van der Waals surface area contributed by atoms with Crippen molar-refractivity contribution in [1.82, 2.24) is 10.6 Å². The van der Waals surface area contributed by atoms with Crippen molar-refractivity contribution in [2.45, 2.75) is 44.2 Å². The zero-order valence-electron chi connectivity index (χ0n) is 16.0. The second kappa shape index (κ2) is 7.72. The molecule has 6 heteroatoms. The van der Waals surface area contributed by atoms with E-state index in [1.165, 1.54) is 18.4 Å². The Morgan fingerprint density at radius 3 is 2.89 bits per heavy atom. The van der Waals surface area contributed by atoms with Crippen LogP contribution in [0.4, 0.5) is 5.69 Å². The standard InChI is InChI=1S/C22H25N3O3/c1-23-21(27)19(9-5-13-26)25-18-8-4-6-15-14(17-7-2-3-12-24-17)10-11-16(20(15)18)22(25)28/h4,6,8,10-11,13,17,19,24H,2-3,5,7,9,12H2,1H3,(H,23,27). The first-order chi connectivity index (χ1) is 13.7. The summed E-state index contributed by atoms with van der Waals surface area (Å²) in [5.74, 6) is -0.428. The van der Waals surface area contributed by atoms with E-state index < -0.39 is 6.04 Å². The van der Waals surface area contributed by atoms with E-state index in [1.54, 1.807) is 11.9 Å². The lowest BCUT2D eigenvalue weighted by Gasteiger charge is -2.27. The summed E-state index contributed by atoms with van der Waals surface area (Å²) in [6.45, 7) is 1.00. The van der Waals surface area contributed by atoms with Crippen LogP contribution in [0.15, 0.2) is 30.3 Å². The first kappa shape index (κ1) is 18.6. The van der Waals surface area contributed by atoms with Crippen LogP contribution in [0.2, 0.25) is 0 Å². The number of likely N-dealkylation sites (N-methyl/N-ethyl adjacent to an activating group) is 1. The maximum absolute atomic E-state index is 13.2.